The molecule has 18 heavy (non-hydrogen) atoms. The van der Waals surface area contributed by atoms with Crippen LogP contribution in [0.2, 0.25) is 26.2 Å². The Bertz CT molecular complexity index is 302. The normalized spacial score (nSPS) is 25.3. The Balaban J connectivity index is 0.000000180. The summed E-state index contributed by atoms with van der Waals surface area (Å²) in [5, 5.41) is 2.11. The second-order valence-electron chi connectivity index (χ2n) is 5.45. The first kappa shape index (κ1) is 16.1. The zero-order valence-corrected chi connectivity index (χ0v) is 14.9. The second kappa shape index (κ2) is 6.49. The first-order valence-corrected chi connectivity index (χ1v) is 14.3. The van der Waals surface area contributed by atoms with E-state index in [1.807, 2.05) is 0 Å². The molecule has 0 unspecified atom stereocenters. The molecule has 104 valence electrons. The largest absolute Gasteiger partial charge is 0.518 e. The third kappa shape index (κ3) is 6.30. The van der Waals surface area contributed by atoms with Gasteiger partial charge < -0.3 is 8.85 Å². The zero-order valence-electron chi connectivity index (χ0n) is 11.3. The predicted molar refractivity (Wildman–Crippen MR) is 81.8 cm³/mol. The van der Waals surface area contributed by atoms with Crippen molar-refractivity contribution in [3.05, 3.63) is 0 Å². The van der Waals surface area contributed by atoms with Gasteiger partial charge in [-0.25, -0.2) is 0 Å². The van der Waals surface area contributed by atoms with E-state index in [2.05, 4.69) is 26.2 Å². The molecule has 4 nitrogen and oxygen atoms in total. The highest BCUT2D eigenvalue weighted by molar-refractivity contribution is 8.01. The Morgan fingerprint density at radius 1 is 0.833 bits per heavy atom. The lowest BCUT2D eigenvalue weighted by molar-refractivity contribution is -0.133. The summed E-state index contributed by atoms with van der Waals surface area (Å²) in [4.78, 5) is 21.3. The molecule has 2 heterocycles. The number of carbonyl (C=O) groups excluding carboxylic acids is 2. The van der Waals surface area contributed by atoms with Crippen molar-refractivity contribution in [2.75, 3.05) is 22.3 Å². The van der Waals surface area contributed by atoms with Gasteiger partial charge in [0.2, 0.25) is 0 Å². The van der Waals surface area contributed by atoms with E-state index in [1.165, 1.54) is 0 Å². The van der Waals surface area contributed by atoms with Gasteiger partial charge in [0.15, 0.2) is 0 Å². The average molecular weight is 325 g/mol. The quantitative estimate of drug-likeness (QED) is 0.636. The Labute approximate surface area is 119 Å². The summed E-state index contributed by atoms with van der Waals surface area (Å²) >= 11 is 3.39. The first-order valence-electron chi connectivity index (χ1n) is 5.79. The summed E-state index contributed by atoms with van der Waals surface area (Å²) in [5.74, 6) is 1.05. The number of thioether (sulfide) groups is 2. The van der Waals surface area contributed by atoms with Crippen molar-refractivity contribution in [1.82, 2.24) is 0 Å². The molecular formula is C10H20O4S2Si2. The third-order valence-electron chi connectivity index (χ3n) is 2.12. The molecule has 0 bridgehead atoms. The summed E-state index contributed by atoms with van der Waals surface area (Å²) in [6.45, 7) is 8.27. The standard InChI is InChI=1S/2C5H10O2SSi/c2*1-9(2)4-8-3-5(6)7-9/h2*3-4H2,1-2H3. The van der Waals surface area contributed by atoms with E-state index in [1.54, 1.807) is 23.5 Å². The van der Waals surface area contributed by atoms with Crippen LogP contribution in [0.4, 0.5) is 0 Å². The van der Waals surface area contributed by atoms with Crippen molar-refractivity contribution in [3.63, 3.8) is 0 Å². The molecule has 2 saturated heterocycles. The molecule has 0 spiro atoms. The van der Waals surface area contributed by atoms with Crippen LogP contribution in [0.3, 0.4) is 0 Å². The van der Waals surface area contributed by atoms with Gasteiger partial charge in [-0.2, -0.15) is 0 Å². The van der Waals surface area contributed by atoms with E-state index in [0.717, 1.165) is 10.8 Å². The minimum absolute atomic E-state index is 0.0251. The van der Waals surface area contributed by atoms with E-state index in [0.29, 0.717) is 11.5 Å². The van der Waals surface area contributed by atoms with Crippen LogP contribution in [0.1, 0.15) is 0 Å². The summed E-state index contributed by atoms with van der Waals surface area (Å²) in [7, 11) is -3.08. The smallest absolute Gasteiger partial charge is 0.302 e. The molecule has 0 aliphatic carbocycles. The van der Waals surface area contributed by atoms with E-state index in [-0.39, 0.29) is 11.9 Å². The van der Waals surface area contributed by atoms with Crippen LogP contribution in [0, 0.1) is 0 Å². The topological polar surface area (TPSA) is 52.6 Å². The van der Waals surface area contributed by atoms with Crippen LogP contribution in [-0.4, -0.2) is 50.8 Å². The highest BCUT2D eigenvalue weighted by Gasteiger charge is 2.31. The minimum atomic E-state index is -1.54. The van der Waals surface area contributed by atoms with Gasteiger partial charge >= 0.3 is 11.9 Å². The van der Waals surface area contributed by atoms with Crippen LogP contribution >= 0.6 is 23.5 Å². The Morgan fingerprint density at radius 3 is 1.33 bits per heavy atom. The highest BCUT2D eigenvalue weighted by atomic mass is 32.2. The van der Waals surface area contributed by atoms with E-state index in [9.17, 15) is 9.59 Å². The lowest BCUT2D eigenvalue weighted by atomic mass is 10.8. The fraction of sp³-hybridized carbons (Fsp3) is 0.800. The maximum absolute atomic E-state index is 10.7. The molecule has 0 amide bonds. The number of hydrogen-bond donors (Lipinski definition) is 0. The molecule has 2 fully saturated rings. The summed E-state index contributed by atoms with van der Waals surface area (Å²) in [5.41, 5.74) is 0. The van der Waals surface area contributed by atoms with E-state index >= 15 is 0 Å². The molecule has 0 atom stereocenters. The third-order valence-corrected chi connectivity index (χ3v) is 11.8. The zero-order chi connectivity index (χ0) is 13.8. The molecule has 0 aromatic rings. The van der Waals surface area contributed by atoms with Gasteiger partial charge in [0.25, 0.3) is 16.6 Å². The molecule has 0 radical (unpaired) electrons. The lowest BCUT2D eigenvalue weighted by Gasteiger charge is -2.26. The fourth-order valence-electron chi connectivity index (χ4n) is 1.49. The molecule has 0 saturated carbocycles. The minimum Gasteiger partial charge on any atom is -0.518 e. The predicted octanol–water partition coefficient (Wildman–Crippen LogP) is 2.04. The van der Waals surface area contributed by atoms with Crippen LogP contribution in [0.5, 0.6) is 0 Å². The summed E-state index contributed by atoms with van der Waals surface area (Å²) in [6.07, 6.45) is 0. The first-order chi connectivity index (χ1) is 8.20. The van der Waals surface area contributed by atoms with E-state index < -0.39 is 16.6 Å². The summed E-state index contributed by atoms with van der Waals surface area (Å²) in [6, 6.07) is 0. The SMILES string of the molecule is C[Si]1(C)CSCC(=O)O1.C[Si]1(C)CSCC(=O)O1. The van der Waals surface area contributed by atoms with Crippen molar-refractivity contribution in [2.24, 2.45) is 0 Å². The monoisotopic (exact) mass is 324 g/mol. The Kier molecular flexibility index (Phi) is 5.81. The molecular weight excluding hydrogens is 304 g/mol. The van der Waals surface area contributed by atoms with Gasteiger partial charge in [-0.1, -0.05) is 0 Å². The van der Waals surface area contributed by atoms with Crippen molar-refractivity contribution >= 4 is 52.1 Å². The van der Waals surface area contributed by atoms with Gasteiger partial charge in [-0.05, 0) is 26.2 Å². The maximum Gasteiger partial charge on any atom is 0.302 e. The number of hydrogen-bond acceptors (Lipinski definition) is 6. The van der Waals surface area contributed by atoms with Gasteiger partial charge in [-0.3, -0.25) is 9.59 Å². The van der Waals surface area contributed by atoms with Crippen molar-refractivity contribution in [2.45, 2.75) is 26.2 Å². The van der Waals surface area contributed by atoms with Crippen molar-refractivity contribution < 1.29 is 18.4 Å². The molecule has 0 aromatic heterocycles. The number of rotatable bonds is 0. The van der Waals surface area contributed by atoms with Gasteiger partial charge in [0.05, 0.1) is 11.5 Å². The maximum atomic E-state index is 10.7. The van der Waals surface area contributed by atoms with Crippen LogP contribution in [0.15, 0.2) is 0 Å². The Morgan fingerprint density at radius 2 is 1.17 bits per heavy atom. The summed E-state index contributed by atoms with van der Waals surface area (Å²) < 4.78 is 10.3. The average Bonchev–Trinajstić information content (AvgIpc) is 2.13. The van der Waals surface area contributed by atoms with Crippen molar-refractivity contribution in [3.8, 4) is 0 Å². The fourth-order valence-corrected chi connectivity index (χ4v) is 8.75. The van der Waals surface area contributed by atoms with Gasteiger partial charge in [-0.15, -0.1) is 23.5 Å². The molecule has 8 heteroatoms. The molecule has 0 N–H and O–H groups in total. The molecule has 0 aromatic carbocycles. The van der Waals surface area contributed by atoms with Crippen LogP contribution in [-0.2, 0) is 18.4 Å². The lowest BCUT2D eigenvalue weighted by Crippen LogP contribution is -2.41. The van der Waals surface area contributed by atoms with Crippen LogP contribution < -0.4 is 0 Å². The molecule has 2 aliphatic rings. The molecule has 2 aliphatic heterocycles. The highest BCUT2D eigenvalue weighted by Crippen LogP contribution is 2.19. The van der Waals surface area contributed by atoms with Crippen LogP contribution in [0.25, 0.3) is 0 Å². The molecule has 2 rings (SSSR count). The van der Waals surface area contributed by atoms with Gasteiger partial charge in [0, 0.05) is 10.8 Å². The van der Waals surface area contributed by atoms with Crippen molar-refractivity contribution in [1.29, 1.82) is 0 Å². The van der Waals surface area contributed by atoms with E-state index in [4.69, 9.17) is 8.85 Å². The Hall–Kier alpha value is 0.0738. The number of carbonyl (C=O) groups is 2. The van der Waals surface area contributed by atoms with Gasteiger partial charge in [0.1, 0.15) is 0 Å². The second-order valence-corrected chi connectivity index (χ2v) is 16.6.